The number of unbranched alkanes of at least 4 members (excludes halogenated alkanes) is 3. The van der Waals surface area contributed by atoms with Crippen molar-refractivity contribution in [2.75, 3.05) is 38.7 Å². The minimum atomic E-state index is -0.00356. The van der Waals surface area contributed by atoms with Crippen LogP contribution in [0.25, 0.3) is 0 Å². The second kappa shape index (κ2) is 17.6. The van der Waals surface area contributed by atoms with E-state index in [4.69, 9.17) is 9.47 Å². The van der Waals surface area contributed by atoms with Gasteiger partial charge in [-0.05, 0) is 93.7 Å². The number of anilines is 1. The average molecular weight is 495 g/mol. The number of carbonyl (C=O) groups is 1. The number of allylic oxidation sites excluding steroid dienone is 2. The number of carbonyl (C=O) groups excluding carboxylic acids is 1. The normalized spacial score (nSPS) is 11.5. The molecular weight excluding hydrogens is 448 g/mol. The molecule has 36 heavy (non-hydrogen) atoms. The molecule has 0 aliphatic carbocycles. The fraction of sp³-hybridized carbons (Fsp3) is 0.516. The van der Waals surface area contributed by atoms with Gasteiger partial charge in [0.1, 0.15) is 11.5 Å². The van der Waals surface area contributed by atoms with Crippen LogP contribution in [0.5, 0.6) is 11.5 Å². The minimum absolute atomic E-state index is 0.00356. The Morgan fingerprint density at radius 3 is 1.97 bits per heavy atom. The highest BCUT2D eigenvalue weighted by Crippen LogP contribution is 2.20. The topological polar surface area (TPSA) is 50.8 Å². The van der Waals surface area contributed by atoms with E-state index in [0.29, 0.717) is 12.2 Å². The summed E-state index contributed by atoms with van der Waals surface area (Å²) in [6, 6.07) is 15.2. The van der Waals surface area contributed by atoms with Crippen molar-refractivity contribution in [1.29, 1.82) is 0 Å². The molecule has 198 valence electrons. The fourth-order valence-electron chi connectivity index (χ4n) is 3.93. The minimum Gasteiger partial charge on any atom is -0.497 e. The highest BCUT2D eigenvalue weighted by Gasteiger charge is 2.08. The number of benzene rings is 2. The maximum absolute atomic E-state index is 12.9. The molecule has 0 heterocycles. The molecule has 5 heteroatoms. The van der Waals surface area contributed by atoms with E-state index in [2.05, 4.69) is 31.0 Å². The maximum Gasteiger partial charge on any atom is 0.187 e. The number of rotatable bonds is 19. The van der Waals surface area contributed by atoms with Crippen molar-refractivity contribution in [2.45, 2.75) is 72.1 Å². The van der Waals surface area contributed by atoms with Gasteiger partial charge in [0.25, 0.3) is 0 Å². The Labute approximate surface area is 218 Å². The van der Waals surface area contributed by atoms with Crippen LogP contribution in [-0.2, 0) is 0 Å². The lowest BCUT2D eigenvalue weighted by Crippen LogP contribution is -2.28. The van der Waals surface area contributed by atoms with Crippen LogP contribution in [0.15, 0.2) is 60.3 Å². The van der Waals surface area contributed by atoms with Gasteiger partial charge in [0, 0.05) is 29.6 Å². The predicted molar refractivity (Wildman–Crippen MR) is 151 cm³/mol. The Bertz CT molecular complexity index is 883. The van der Waals surface area contributed by atoms with E-state index < -0.39 is 0 Å². The molecule has 0 saturated carbocycles. The molecule has 0 aromatic heterocycles. The summed E-state index contributed by atoms with van der Waals surface area (Å²) in [7, 11) is 1.65. The van der Waals surface area contributed by atoms with Crippen LogP contribution < -0.4 is 14.8 Å². The Hall–Kier alpha value is -2.79. The van der Waals surface area contributed by atoms with Gasteiger partial charge in [-0.15, -0.1) is 0 Å². The van der Waals surface area contributed by atoms with Crippen molar-refractivity contribution in [3.05, 3.63) is 65.9 Å². The predicted octanol–water partition coefficient (Wildman–Crippen LogP) is 7.74. The van der Waals surface area contributed by atoms with Crippen molar-refractivity contribution in [1.82, 2.24) is 4.90 Å². The van der Waals surface area contributed by atoms with Crippen molar-refractivity contribution in [2.24, 2.45) is 0 Å². The van der Waals surface area contributed by atoms with Gasteiger partial charge in [0.2, 0.25) is 0 Å². The SMILES string of the molecule is CCCCC(=CC(=O)c1ccc(OCCCN(CCCC)CCCC)cc1)Nc1ccc(OC)cc1. The molecule has 0 radical (unpaired) electrons. The average Bonchev–Trinajstić information content (AvgIpc) is 2.91. The zero-order chi connectivity index (χ0) is 26.0. The molecule has 0 spiro atoms. The molecule has 0 unspecified atom stereocenters. The van der Waals surface area contributed by atoms with Gasteiger partial charge in [-0.3, -0.25) is 4.79 Å². The Balaban J connectivity index is 1.90. The van der Waals surface area contributed by atoms with Crippen molar-refractivity contribution < 1.29 is 14.3 Å². The number of hydrogen-bond acceptors (Lipinski definition) is 5. The molecule has 0 fully saturated rings. The van der Waals surface area contributed by atoms with Gasteiger partial charge in [-0.25, -0.2) is 0 Å². The summed E-state index contributed by atoms with van der Waals surface area (Å²) >= 11 is 0. The third kappa shape index (κ3) is 11.3. The number of nitrogens with zero attached hydrogens (tertiary/aromatic N) is 1. The van der Waals surface area contributed by atoms with Crippen molar-refractivity contribution in [3.63, 3.8) is 0 Å². The lowest BCUT2D eigenvalue weighted by molar-refractivity contribution is 0.104. The summed E-state index contributed by atoms with van der Waals surface area (Å²) in [4.78, 5) is 15.5. The second-order valence-corrected chi connectivity index (χ2v) is 9.27. The van der Waals surface area contributed by atoms with E-state index in [1.165, 1.54) is 38.8 Å². The molecular formula is C31H46N2O3. The summed E-state index contributed by atoms with van der Waals surface area (Å²) < 4.78 is 11.2. The zero-order valence-electron chi connectivity index (χ0n) is 22.9. The maximum atomic E-state index is 12.9. The molecule has 0 bridgehead atoms. The first-order valence-corrected chi connectivity index (χ1v) is 13.7. The van der Waals surface area contributed by atoms with Gasteiger partial charge in [0.05, 0.1) is 13.7 Å². The molecule has 2 rings (SSSR count). The van der Waals surface area contributed by atoms with Crippen LogP contribution in [0, 0.1) is 0 Å². The van der Waals surface area contributed by atoms with Crippen molar-refractivity contribution in [3.8, 4) is 11.5 Å². The number of ether oxygens (including phenoxy) is 2. The zero-order valence-corrected chi connectivity index (χ0v) is 22.9. The lowest BCUT2D eigenvalue weighted by Gasteiger charge is -2.21. The van der Waals surface area contributed by atoms with Gasteiger partial charge < -0.3 is 19.7 Å². The first-order chi connectivity index (χ1) is 17.6. The number of methoxy groups -OCH3 is 1. The second-order valence-electron chi connectivity index (χ2n) is 9.27. The molecule has 0 aliphatic heterocycles. The first-order valence-electron chi connectivity index (χ1n) is 13.7. The number of hydrogen-bond donors (Lipinski definition) is 1. The Morgan fingerprint density at radius 2 is 1.39 bits per heavy atom. The largest absolute Gasteiger partial charge is 0.497 e. The first kappa shape index (κ1) is 29.4. The summed E-state index contributed by atoms with van der Waals surface area (Å²) in [6.07, 6.45) is 10.6. The molecule has 1 N–H and O–H groups in total. The third-order valence-corrected chi connectivity index (χ3v) is 6.18. The number of nitrogens with one attached hydrogen (secondary N) is 1. The van der Waals surface area contributed by atoms with Crippen LogP contribution in [0.1, 0.15) is 82.5 Å². The quantitative estimate of drug-likeness (QED) is 0.123. The summed E-state index contributed by atoms with van der Waals surface area (Å²) in [6.45, 7) is 10.8. The van der Waals surface area contributed by atoms with Gasteiger partial charge in [-0.2, -0.15) is 0 Å². The number of ketones is 1. The van der Waals surface area contributed by atoms with Gasteiger partial charge in [-0.1, -0.05) is 40.0 Å². The monoisotopic (exact) mass is 494 g/mol. The fourth-order valence-corrected chi connectivity index (χ4v) is 3.93. The van der Waals surface area contributed by atoms with E-state index in [0.717, 1.165) is 55.1 Å². The summed E-state index contributed by atoms with van der Waals surface area (Å²) in [5, 5.41) is 3.40. The van der Waals surface area contributed by atoms with Crippen LogP contribution in [0.2, 0.25) is 0 Å². The highest BCUT2D eigenvalue weighted by molar-refractivity contribution is 6.05. The van der Waals surface area contributed by atoms with Crippen LogP contribution >= 0.6 is 0 Å². The van der Waals surface area contributed by atoms with Crippen LogP contribution in [0.4, 0.5) is 5.69 Å². The molecule has 2 aromatic carbocycles. The third-order valence-electron chi connectivity index (χ3n) is 6.18. The van der Waals surface area contributed by atoms with E-state index in [1.807, 2.05) is 48.5 Å². The molecule has 2 aromatic rings. The van der Waals surface area contributed by atoms with Crippen LogP contribution in [-0.4, -0.2) is 44.0 Å². The molecule has 0 atom stereocenters. The van der Waals surface area contributed by atoms with E-state index >= 15 is 0 Å². The smallest absolute Gasteiger partial charge is 0.187 e. The standard InChI is InChI=1S/C31H46N2O3/c1-5-8-12-28(32-27-15-19-29(35-4)20-16-27)25-31(34)26-13-17-30(18-14-26)36-24-11-23-33(21-9-6-2)22-10-7-3/h13-20,25,32H,5-12,21-24H2,1-4H3. The summed E-state index contributed by atoms with van der Waals surface area (Å²) in [5.74, 6) is 1.62. The van der Waals surface area contributed by atoms with E-state index in [1.54, 1.807) is 13.2 Å². The Kier molecular flexibility index (Phi) is 14.4. The van der Waals surface area contributed by atoms with Gasteiger partial charge >= 0.3 is 0 Å². The summed E-state index contributed by atoms with van der Waals surface area (Å²) in [5.41, 5.74) is 2.53. The van der Waals surface area contributed by atoms with E-state index in [-0.39, 0.29) is 5.78 Å². The van der Waals surface area contributed by atoms with E-state index in [9.17, 15) is 4.79 Å². The molecule has 0 aliphatic rings. The van der Waals surface area contributed by atoms with Crippen molar-refractivity contribution >= 4 is 11.5 Å². The van der Waals surface area contributed by atoms with Crippen LogP contribution in [0.3, 0.4) is 0 Å². The molecule has 0 saturated heterocycles. The van der Waals surface area contributed by atoms with Gasteiger partial charge in [0.15, 0.2) is 5.78 Å². The lowest BCUT2D eigenvalue weighted by atomic mass is 10.1. The Morgan fingerprint density at radius 1 is 0.806 bits per heavy atom. The highest BCUT2D eigenvalue weighted by atomic mass is 16.5. The molecule has 0 amide bonds. The molecule has 5 nitrogen and oxygen atoms in total.